The van der Waals surface area contributed by atoms with E-state index in [0.29, 0.717) is 19.1 Å². The van der Waals surface area contributed by atoms with E-state index in [9.17, 15) is 0 Å². The van der Waals surface area contributed by atoms with Gasteiger partial charge in [-0.05, 0) is 25.2 Å². The normalized spacial score (nSPS) is 29.5. The first kappa shape index (κ1) is 11.5. The van der Waals surface area contributed by atoms with Gasteiger partial charge in [-0.15, -0.1) is 0 Å². The van der Waals surface area contributed by atoms with Crippen LogP contribution in [0.3, 0.4) is 0 Å². The second-order valence-corrected chi connectivity index (χ2v) is 4.29. The summed E-state index contributed by atoms with van der Waals surface area (Å²) in [4.78, 5) is 0. The van der Waals surface area contributed by atoms with E-state index in [1.165, 1.54) is 25.7 Å². The van der Waals surface area contributed by atoms with Crippen LogP contribution in [0.4, 0.5) is 0 Å². The maximum Gasteiger partial charge on any atom is 0.0950 e. The van der Waals surface area contributed by atoms with Crippen LogP contribution in [-0.4, -0.2) is 18.8 Å². The number of nitrogens with two attached hydrogens (primary N) is 1. The molecule has 0 spiro atoms. The molecule has 0 aliphatic heterocycles. The van der Waals surface area contributed by atoms with E-state index in [1.807, 2.05) is 6.07 Å². The molecule has 3 heteroatoms. The zero-order valence-corrected chi connectivity index (χ0v) is 8.91. The molecule has 0 amide bonds. The van der Waals surface area contributed by atoms with E-state index in [2.05, 4.69) is 6.92 Å². The molecule has 80 valence electrons. The zero-order valence-electron chi connectivity index (χ0n) is 8.91. The van der Waals surface area contributed by atoms with Crippen LogP contribution in [-0.2, 0) is 4.74 Å². The highest BCUT2D eigenvalue weighted by atomic mass is 16.5. The summed E-state index contributed by atoms with van der Waals surface area (Å²) in [7, 11) is 0. The third kappa shape index (κ3) is 4.08. The topological polar surface area (TPSA) is 59.0 Å². The number of rotatable bonds is 4. The largest absolute Gasteiger partial charge is 0.378 e. The number of hydrogen-bond donors (Lipinski definition) is 1. The lowest BCUT2D eigenvalue weighted by Crippen LogP contribution is -2.25. The Morgan fingerprint density at radius 2 is 2.36 bits per heavy atom. The summed E-state index contributed by atoms with van der Waals surface area (Å²) in [6.45, 7) is 2.91. The van der Waals surface area contributed by atoms with Crippen molar-refractivity contribution in [2.75, 3.05) is 6.61 Å². The summed E-state index contributed by atoms with van der Waals surface area (Å²) >= 11 is 0. The van der Waals surface area contributed by atoms with Gasteiger partial charge in [-0.3, -0.25) is 0 Å². The van der Waals surface area contributed by atoms with Crippen molar-refractivity contribution in [2.45, 2.75) is 51.2 Å². The van der Waals surface area contributed by atoms with Crippen LogP contribution in [0.25, 0.3) is 0 Å². The predicted molar refractivity (Wildman–Crippen MR) is 55.6 cm³/mol. The fourth-order valence-electron chi connectivity index (χ4n) is 1.96. The molecule has 1 saturated carbocycles. The molecule has 1 aliphatic carbocycles. The van der Waals surface area contributed by atoms with Gasteiger partial charge >= 0.3 is 0 Å². The van der Waals surface area contributed by atoms with Crippen LogP contribution in [0.1, 0.15) is 39.0 Å². The van der Waals surface area contributed by atoms with Gasteiger partial charge in [0, 0.05) is 6.61 Å². The van der Waals surface area contributed by atoms with Crippen molar-refractivity contribution in [3.63, 3.8) is 0 Å². The Hall–Kier alpha value is -0.590. The molecule has 0 saturated heterocycles. The lowest BCUT2D eigenvalue weighted by molar-refractivity contribution is 0.0138. The molecule has 14 heavy (non-hydrogen) atoms. The Kier molecular flexibility index (Phi) is 4.92. The summed E-state index contributed by atoms with van der Waals surface area (Å²) in [5.74, 6) is 0.790. The number of nitriles is 1. The molecule has 1 aliphatic rings. The number of ether oxygens (including phenoxy) is 1. The van der Waals surface area contributed by atoms with Crippen LogP contribution in [0, 0.1) is 17.2 Å². The third-order valence-electron chi connectivity index (χ3n) is 2.84. The molecule has 3 unspecified atom stereocenters. The highest BCUT2D eigenvalue weighted by molar-refractivity contribution is 4.85. The molecule has 0 aromatic rings. The standard InChI is InChI=1S/C11H20N2O/c1-9-3-2-4-11(7-9)14-6-5-10(13)8-12/h9-11H,2-7,13H2,1H3. The van der Waals surface area contributed by atoms with E-state index in [0.717, 1.165) is 5.92 Å². The van der Waals surface area contributed by atoms with Crippen LogP contribution in [0.5, 0.6) is 0 Å². The molecular formula is C11H20N2O. The monoisotopic (exact) mass is 196 g/mol. The fraction of sp³-hybridized carbons (Fsp3) is 0.909. The highest BCUT2D eigenvalue weighted by Gasteiger charge is 2.19. The smallest absolute Gasteiger partial charge is 0.0950 e. The minimum absolute atomic E-state index is 0.365. The summed E-state index contributed by atoms with van der Waals surface area (Å²) < 4.78 is 5.69. The molecule has 0 heterocycles. The molecule has 0 aromatic heterocycles. The molecule has 0 bridgehead atoms. The van der Waals surface area contributed by atoms with Gasteiger partial charge < -0.3 is 10.5 Å². The van der Waals surface area contributed by atoms with E-state index in [4.69, 9.17) is 15.7 Å². The molecule has 1 rings (SSSR count). The average Bonchev–Trinajstić information content (AvgIpc) is 2.17. The van der Waals surface area contributed by atoms with E-state index in [1.54, 1.807) is 0 Å². The summed E-state index contributed by atoms with van der Waals surface area (Å²) in [6, 6.07) is 1.64. The van der Waals surface area contributed by atoms with Gasteiger partial charge in [0.25, 0.3) is 0 Å². The summed E-state index contributed by atoms with van der Waals surface area (Å²) in [5, 5.41) is 8.48. The SMILES string of the molecule is CC1CCCC(OCCC(N)C#N)C1. The second kappa shape index (κ2) is 6.00. The van der Waals surface area contributed by atoms with E-state index in [-0.39, 0.29) is 6.04 Å². The van der Waals surface area contributed by atoms with Gasteiger partial charge in [0.05, 0.1) is 18.2 Å². The Morgan fingerprint density at radius 3 is 3.00 bits per heavy atom. The first-order chi connectivity index (χ1) is 6.72. The Morgan fingerprint density at radius 1 is 1.57 bits per heavy atom. The Labute approximate surface area is 86.2 Å². The van der Waals surface area contributed by atoms with Gasteiger partial charge in [-0.1, -0.05) is 19.8 Å². The highest BCUT2D eigenvalue weighted by Crippen LogP contribution is 2.25. The Bertz CT molecular complexity index is 200. The molecule has 0 radical (unpaired) electrons. The van der Waals surface area contributed by atoms with Crippen LogP contribution >= 0.6 is 0 Å². The molecule has 3 atom stereocenters. The van der Waals surface area contributed by atoms with Gasteiger partial charge in [-0.2, -0.15) is 5.26 Å². The van der Waals surface area contributed by atoms with Gasteiger partial charge in [0.2, 0.25) is 0 Å². The number of hydrogen-bond acceptors (Lipinski definition) is 3. The molecule has 0 aromatic carbocycles. The van der Waals surface area contributed by atoms with E-state index < -0.39 is 0 Å². The fourth-order valence-corrected chi connectivity index (χ4v) is 1.96. The quantitative estimate of drug-likeness (QED) is 0.746. The van der Waals surface area contributed by atoms with E-state index >= 15 is 0 Å². The van der Waals surface area contributed by atoms with Crippen molar-refractivity contribution in [2.24, 2.45) is 11.7 Å². The van der Waals surface area contributed by atoms with Crippen molar-refractivity contribution in [1.29, 1.82) is 5.26 Å². The third-order valence-corrected chi connectivity index (χ3v) is 2.84. The zero-order chi connectivity index (χ0) is 10.4. The average molecular weight is 196 g/mol. The number of nitrogens with zero attached hydrogens (tertiary/aromatic N) is 1. The molecule has 2 N–H and O–H groups in total. The molecular weight excluding hydrogens is 176 g/mol. The van der Waals surface area contributed by atoms with Crippen LogP contribution in [0.2, 0.25) is 0 Å². The maximum absolute atomic E-state index is 8.48. The minimum Gasteiger partial charge on any atom is -0.378 e. The lowest BCUT2D eigenvalue weighted by atomic mass is 9.89. The van der Waals surface area contributed by atoms with Crippen molar-refractivity contribution in [3.05, 3.63) is 0 Å². The molecule has 3 nitrogen and oxygen atoms in total. The summed E-state index contributed by atoms with van der Waals surface area (Å²) in [5.41, 5.74) is 5.47. The van der Waals surface area contributed by atoms with Gasteiger partial charge in [0.15, 0.2) is 0 Å². The maximum atomic E-state index is 8.48. The second-order valence-electron chi connectivity index (χ2n) is 4.29. The van der Waals surface area contributed by atoms with Crippen LogP contribution in [0.15, 0.2) is 0 Å². The lowest BCUT2D eigenvalue weighted by Gasteiger charge is -2.26. The minimum atomic E-state index is -0.365. The Balaban J connectivity index is 2.09. The van der Waals surface area contributed by atoms with Crippen molar-refractivity contribution >= 4 is 0 Å². The predicted octanol–water partition coefficient (Wildman–Crippen LogP) is 1.82. The first-order valence-corrected chi connectivity index (χ1v) is 5.49. The van der Waals surface area contributed by atoms with Crippen LogP contribution < -0.4 is 5.73 Å². The van der Waals surface area contributed by atoms with Gasteiger partial charge in [0.1, 0.15) is 0 Å². The first-order valence-electron chi connectivity index (χ1n) is 5.49. The molecule has 1 fully saturated rings. The van der Waals surface area contributed by atoms with Crippen molar-refractivity contribution < 1.29 is 4.74 Å². The van der Waals surface area contributed by atoms with Crippen molar-refractivity contribution in [3.8, 4) is 6.07 Å². The van der Waals surface area contributed by atoms with Gasteiger partial charge in [-0.25, -0.2) is 0 Å². The summed E-state index contributed by atoms with van der Waals surface area (Å²) in [6.07, 6.45) is 6.01. The van der Waals surface area contributed by atoms with Crippen molar-refractivity contribution in [1.82, 2.24) is 0 Å².